The zero-order valence-electron chi connectivity index (χ0n) is 10.5. The average Bonchev–Trinajstić information content (AvgIpc) is 2.96. The molecule has 102 valence electrons. The van der Waals surface area contributed by atoms with Gasteiger partial charge in [0.2, 0.25) is 0 Å². The molecule has 3 rings (SSSR count). The lowest BCUT2D eigenvalue weighted by atomic mass is 9.96. The van der Waals surface area contributed by atoms with E-state index in [0.29, 0.717) is 16.2 Å². The summed E-state index contributed by atoms with van der Waals surface area (Å²) in [5, 5.41) is 8.06. The van der Waals surface area contributed by atoms with Crippen molar-refractivity contribution in [2.75, 3.05) is 5.32 Å². The van der Waals surface area contributed by atoms with E-state index in [4.69, 9.17) is 23.8 Å². The number of hydrogen-bond acceptors (Lipinski definition) is 1. The first-order chi connectivity index (χ1) is 9.11. The summed E-state index contributed by atoms with van der Waals surface area (Å²) in [6, 6.07) is 6.32. The quantitative estimate of drug-likeness (QED) is 0.756. The van der Waals surface area contributed by atoms with Crippen LogP contribution in [-0.4, -0.2) is 11.2 Å². The van der Waals surface area contributed by atoms with Crippen molar-refractivity contribution in [1.29, 1.82) is 0 Å². The van der Waals surface area contributed by atoms with E-state index in [2.05, 4.69) is 26.6 Å². The molecule has 3 atom stereocenters. The van der Waals surface area contributed by atoms with Gasteiger partial charge in [-0.2, -0.15) is 0 Å². The largest absolute Gasteiger partial charge is 0.359 e. The van der Waals surface area contributed by atoms with E-state index in [1.54, 1.807) is 0 Å². The second kappa shape index (κ2) is 5.58. The molecule has 2 N–H and O–H groups in total. The summed E-state index contributed by atoms with van der Waals surface area (Å²) in [7, 11) is 0. The minimum absolute atomic E-state index is 0.560. The van der Waals surface area contributed by atoms with E-state index in [0.717, 1.165) is 22.0 Å². The molecule has 5 heteroatoms. The first-order valence-corrected chi connectivity index (χ1v) is 8.22. The van der Waals surface area contributed by atoms with Crippen LogP contribution in [-0.2, 0) is 0 Å². The predicted octanol–water partition coefficient (Wildman–Crippen LogP) is 4.58. The smallest absolute Gasteiger partial charge is 0.171 e. The first-order valence-electron chi connectivity index (χ1n) is 6.64. The van der Waals surface area contributed by atoms with Crippen LogP contribution < -0.4 is 10.6 Å². The van der Waals surface area contributed by atoms with E-state index < -0.39 is 0 Å². The lowest BCUT2D eigenvalue weighted by Gasteiger charge is -2.24. The van der Waals surface area contributed by atoms with Gasteiger partial charge in [-0.15, -0.1) is 0 Å². The molecule has 2 aliphatic carbocycles. The topological polar surface area (TPSA) is 24.1 Å². The van der Waals surface area contributed by atoms with Crippen LogP contribution in [0.15, 0.2) is 22.7 Å². The molecule has 2 bridgehead atoms. The number of halogens is 2. The molecule has 0 saturated heterocycles. The van der Waals surface area contributed by atoms with Crippen molar-refractivity contribution in [3.8, 4) is 0 Å². The minimum Gasteiger partial charge on any atom is -0.359 e. The monoisotopic (exact) mass is 358 g/mol. The van der Waals surface area contributed by atoms with Crippen LogP contribution in [0.3, 0.4) is 0 Å². The third kappa shape index (κ3) is 3.06. The fourth-order valence-corrected chi connectivity index (χ4v) is 4.03. The van der Waals surface area contributed by atoms with Gasteiger partial charge in [-0.05, 0) is 77.4 Å². The molecule has 0 aromatic heterocycles. The van der Waals surface area contributed by atoms with Gasteiger partial charge >= 0.3 is 0 Å². The van der Waals surface area contributed by atoms with Crippen LogP contribution in [0.4, 0.5) is 5.69 Å². The maximum Gasteiger partial charge on any atom is 0.171 e. The number of rotatable bonds is 2. The number of nitrogens with one attached hydrogen (secondary N) is 2. The van der Waals surface area contributed by atoms with Crippen LogP contribution in [0.2, 0.25) is 5.02 Å². The summed E-state index contributed by atoms with van der Waals surface area (Å²) in [5.74, 6) is 1.74. The zero-order valence-corrected chi connectivity index (χ0v) is 13.6. The summed E-state index contributed by atoms with van der Waals surface area (Å²) < 4.78 is 0.895. The van der Waals surface area contributed by atoms with Gasteiger partial charge in [-0.3, -0.25) is 0 Å². The molecule has 1 aromatic carbocycles. The summed E-state index contributed by atoms with van der Waals surface area (Å²) in [4.78, 5) is 0. The van der Waals surface area contributed by atoms with Gasteiger partial charge in [0, 0.05) is 16.2 Å². The minimum atomic E-state index is 0.560. The first kappa shape index (κ1) is 13.7. The molecule has 0 spiro atoms. The Labute approximate surface area is 132 Å². The Kier molecular flexibility index (Phi) is 4.01. The molecular weight excluding hydrogens is 344 g/mol. The number of fused-ring (bicyclic) bond motifs is 2. The molecule has 0 amide bonds. The molecule has 2 nitrogen and oxygen atoms in total. The molecule has 0 heterocycles. The lowest BCUT2D eigenvalue weighted by Crippen LogP contribution is -2.40. The molecule has 1 aromatic rings. The SMILES string of the molecule is S=C(Nc1ccc(Br)c(Cl)c1)N[C@H]1C[C@H]2CC[C@@H]1C2. The molecule has 19 heavy (non-hydrogen) atoms. The molecule has 0 unspecified atom stereocenters. The molecule has 0 radical (unpaired) electrons. The normalized spacial score (nSPS) is 28.4. The van der Waals surface area contributed by atoms with Crippen molar-refractivity contribution in [3.05, 3.63) is 27.7 Å². The van der Waals surface area contributed by atoms with Crippen molar-refractivity contribution in [3.63, 3.8) is 0 Å². The number of anilines is 1. The Morgan fingerprint density at radius 3 is 2.79 bits per heavy atom. The number of thiocarbonyl (C=S) groups is 1. The standard InChI is InChI=1S/C14H16BrClN2S/c15-11-4-3-10(7-12(11)16)17-14(19)18-13-6-8-1-2-9(13)5-8/h3-4,7-9,13H,1-2,5-6H2,(H2,17,18,19)/t8-,9+,13-/m0/s1. The number of benzene rings is 1. The van der Waals surface area contributed by atoms with E-state index in [1.165, 1.54) is 25.7 Å². The second-order valence-electron chi connectivity index (χ2n) is 5.51. The third-order valence-electron chi connectivity index (χ3n) is 4.23. The van der Waals surface area contributed by atoms with Gasteiger partial charge in [-0.1, -0.05) is 18.0 Å². The highest BCUT2D eigenvalue weighted by Gasteiger charge is 2.39. The van der Waals surface area contributed by atoms with Crippen molar-refractivity contribution in [1.82, 2.24) is 5.32 Å². The second-order valence-corrected chi connectivity index (χ2v) is 7.18. The summed E-state index contributed by atoms with van der Waals surface area (Å²) in [6.45, 7) is 0. The van der Waals surface area contributed by atoms with E-state index >= 15 is 0 Å². The summed E-state index contributed by atoms with van der Waals surface area (Å²) in [6.07, 6.45) is 5.42. The van der Waals surface area contributed by atoms with Crippen molar-refractivity contribution < 1.29 is 0 Å². The summed E-state index contributed by atoms with van der Waals surface area (Å²) >= 11 is 14.8. The van der Waals surface area contributed by atoms with Gasteiger partial charge in [0.05, 0.1) is 5.02 Å². The fraction of sp³-hybridized carbons (Fsp3) is 0.500. The van der Waals surface area contributed by atoms with Gasteiger partial charge in [0.25, 0.3) is 0 Å². The van der Waals surface area contributed by atoms with Crippen LogP contribution in [0, 0.1) is 11.8 Å². The van der Waals surface area contributed by atoms with Gasteiger partial charge in [-0.25, -0.2) is 0 Å². The highest BCUT2D eigenvalue weighted by Crippen LogP contribution is 2.44. The van der Waals surface area contributed by atoms with Crippen LogP contribution in [0.25, 0.3) is 0 Å². The summed E-state index contributed by atoms with van der Waals surface area (Å²) in [5.41, 5.74) is 0.925. The Bertz CT molecular complexity index is 508. The molecule has 0 aliphatic heterocycles. The maximum absolute atomic E-state index is 6.07. The zero-order chi connectivity index (χ0) is 13.4. The Hall–Kier alpha value is -0.320. The van der Waals surface area contributed by atoms with Crippen LogP contribution in [0.5, 0.6) is 0 Å². The van der Waals surface area contributed by atoms with E-state index in [1.807, 2.05) is 18.2 Å². The number of hydrogen-bond donors (Lipinski definition) is 2. The van der Waals surface area contributed by atoms with Crippen molar-refractivity contribution in [2.45, 2.75) is 31.7 Å². The highest BCUT2D eigenvalue weighted by molar-refractivity contribution is 9.10. The van der Waals surface area contributed by atoms with Crippen LogP contribution in [0.1, 0.15) is 25.7 Å². The molecule has 2 aliphatic rings. The highest BCUT2D eigenvalue weighted by atomic mass is 79.9. The Morgan fingerprint density at radius 2 is 2.16 bits per heavy atom. The maximum atomic E-state index is 6.07. The van der Waals surface area contributed by atoms with Crippen molar-refractivity contribution in [2.24, 2.45) is 11.8 Å². The average molecular weight is 360 g/mol. The van der Waals surface area contributed by atoms with Gasteiger partial charge in [0.1, 0.15) is 0 Å². The van der Waals surface area contributed by atoms with Crippen LogP contribution >= 0.6 is 39.7 Å². The molecule has 2 saturated carbocycles. The Morgan fingerprint density at radius 1 is 1.32 bits per heavy atom. The predicted molar refractivity (Wildman–Crippen MR) is 87.7 cm³/mol. The molecule has 2 fully saturated rings. The third-order valence-corrected chi connectivity index (χ3v) is 5.68. The van der Waals surface area contributed by atoms with Gasteiger partial charge < -0.3 is 10.6 Å². The van der Waals surface area contributed by atoms with E-state index in [9.17, 15) is 0 Å². The van der Waals surface area contributed by atoms with Crippen molar-refractivity contribution >= 4 is 50.5 Å². The fourth-order valence-electron chi connectivity index (χ4n) is 3.33. The molecular formula is C14H16BrClN2S. The van der Waals surface area contributed by atoms with Gasteiger partial charge in [0.15, 0.2) is 5.11 Å². The Balaban J connectivity index is 1.57. The lowest BCUT2D eigenvalue weighted by molar-refractivity contribution is 0.392. The van der Waals surface area contributed by atoms with E-state index in [-0.39, 0.29) is 0 Å².